The Morgan fingerprint density at radius 2 is 1.61 bits per heavy atom. The molecule has 8 heteroatoms. The van der Waals surface area contributed by atoms with Crippen LogP contribution in [0.2, 0.25) is 0 Å². The van der Waals surface area contributed by atoms with Gasteiger partial charge >= 0.3 is 0 Å². The average molecular weight is 574 g/mol. The van der Waals surface area contributed by atoms with Crippen LogP contribution in [0.3, 0.4) is 0 Å². The minimum atomic E-state index is -0.0849. The molecule has 0 saturated heterocycles. The first-order chi connectivity index (χ1) is 19.9. The normalized spacial score (nSPS) is 11.0. The number of benzene rings is 3. The Hall–Kier alpha value is -3.91. The van der Waals surface area contributed by atoms with Gasteiger partial charge in [0.05, 0.1) is 26.5 Å². The largest absolute Gasteiger partial charge is 0.493 e. The number of nitrogens with zero attached hydrogens (tertiary/aromatic N) is 2. The lowest BCUT2D eigenvalue weighted by atomic mass is 10.1. The topological polar surface area (TPSA) is 74.9 Å². The van der Waals surface area contributed by atoms with Crippen LogP contribution in [0, 0.1) is 5.92 Å². The molecule has 0 fully saturated rings. The predicted octanol–water partition coefficient (Wildman–Crippen LogP) is 6.03. The molecule has 0 saturated carbocycles. The standard InChI is InChI=1S/C33H39N3O4S/c1-24(2)20-36(33(38)23-41-27-10-6-5-7-11-27)22-32(37)35(21-25-14-15-30(39-3)31(18-25)40-4)17-16-26-19-34-29-13-9-8-12-28(26)29/h5-15,18-19,24,34H,16-17,20-23H2,1-4H3. The molecule has 3 aromatic carbocycles. The van der Waals surface area contributed by atoms with E-state index >= 15 is 0 Å². The molecule has 0 aliphatic rings. The van der Waals surface area contributed by atoms with Crippen LogP contribution in [0.1, 0.15) is 25.0 Å². The van der Waals surface area contributed by atoms with E-state index in [1.165, 1.54) is 11.8 Å². The van der Waals surface area contributed by atoms with Crippen molar-refractivity contribution in [2.45, 2.75) is 31.7 Å². The number of aromatic amines is 1. The number of aromatic nitrogens is 1. The molecular weight excluding hydrogens is 534 g/mol. The molecule has 41 heavy (non-hydrogen) atoms. The molecule has 0 atom stereocenters. The van der Waals surface area contributed by atoms with E-state index in [4.69, 9.17) is 9.47 Å². The number of amides is 2. The molecule has 7 nitrogen and oxygen atoms in total. The van der Waals surface area contributed by atoms with Crippen LogP contribution in [-0.4, -0.2) is 66.2 Å². The SMILES string of the molecule is COc1ccc(CN(CCc2c[nH]c3ccccc23)C(=O)CN(CC(C)C)C(=O)CSc2ccccc2)cc1OC. The van der Waals surface area contributed by atoms with Crippen molar-refractivity contribution in [1.29, 1.82) is 0 Å². The first-order valence-electron chi connectivity index (χ1n) is 13.9. The predicted molar refractivity (Wildman–Crippen MR) is 166 cm³/mol. The van der Waals surface area contributed by atoms with Crippen LogP contribution in [0.15, 0.2) is 83.9 Å². The van der Waals surface area contributed by atoms with Crippen LogP contribution < -0.4 is 9.47 Å². The number of para-hydroxylation sites is 1. The second-order valence-corrected chi connectivity index (χ2v) is 11.4. The van der Waals surface area contributed by atoms with Crippen LogP contribution in [-0.2, 0) is 22.6 Å². The van der Waals surface area contributed by atoms with Gasteiger partial charge in [0.25, 0.3) is 0 Å². The van der Waals surface area contributed by atoms with Crippen molar-refractivity contribution in [2.24, 2.45) is 5.92 Å². The molecule has 0 unspecified atom stereocenters. The number of ether oxygens (including phenoxy) is 2. The Labute approximate surface area is 246 Å². The molecule has 0 radical (unpaired) electrons. The van der Waals surface area contributed by atoms with Crippen LogP contribution in [0.4, 0.5) is 0 Å². The van der Waals surface area contributed by atoms with Crippen LogP contribution in [0.25, 0.3) is 10.9 Å². The van der Waals surface area contributed by atoms with E-state index in [1.807, 2.05) is 77.8 Å². The van der Waals surface area contributed by atoms with E-state index in [1.54, 1.807) is 19.1 Å². The summed E-state index contributed by atoms with van der Waals surface area (Å²) in [5, 5.41) is 1.15. The summed E-state index contributed by atoms with van der Waals surface area (Å²) in [5.41, 5.74) is 3.15. The minimum Gasteiger partial charge on any atom is -0.493 e. The van der Waals surface area contributed by atoms with E-state index in [0.29, 0.717) is 37.6 Å². The van der Waals surface area contributed by atoms with Gasteiger partial charge in [-0.05, 0) is 53.8 Å². The fourth-order valence-corrected chi connectivity index (χ4v) is 5.62. The van der Waals surface area contributed by atoms with Gasteiger partial charge in [0, 0.05) is 41.6 Å². The molecule has 1 aromatic heterocycles. The summed E-state index contributed by atoms with van der Waals surface area (Å²) < 4.78 is 10.9. The highest BCUT2D eigenvalue weighted by Gasteiger charge is 2.23. The molecule has 0 aliphatic heterocycles. The third-order valence-electron chi connectivity index (χ3n) is 6.87. The quantitative estimate of drug-likeness (QED) is 0.186. The molecule has 1 heterocycles. The van der Waals surface area contributed by atoms with Crippen molar-refractivity contribution in [3.63, 3.8) is 0 Å². The fraction of sp³-hybridized carbons (Fsp3) is 0.333. The number of carbonyl (C=O) groups excluding carboxylic acids is 2. The summed E-state index contributed by atoms with van der Waals surface area (Å²) in [5.74, 6) is 1.65. The van der Waals surface area contributed by atoms with E-state index in [2.05, 4.69) is 24.9 Å². The highest BCUT2D eigenvalue weighted by Crippen LogP contribution is 2.28. The van der Waals surface area contributed by atoms with Crippen LogP contribution in [0.5, 0.6) is 11.5 Å². The first kappa shape index (κ1) is 30.1. The van der Waals surface area contributed by atoms with Crippen molar-refractivity contribution >= 4 is 34.5 Å². The third-order valence-corrected chi connectivity index (χ3v) is 7.87. The van der Waals surface area contributed by atoms with Crippen molar-refractivity contribution in [2.75, 3.05) is 39.6 Å². The number of carbonyl (C=O) groups is 2. The fourth-order valence-electron chi connectivity index (χ4n) is 4.80. The zero-order valence-corrected chi connectivity index (χ0v) is 25.1. The molecule has 0 bridgehead atoms. The molecule has 4 rings (SSSR count). The summed E-state index contributed by atoms with van der Waals surface area (Å²) in [6.45, 7) is 5.59. The molecule has 4 aromatic rings. The Morgan fingerprint density at radius 1 is 0.878 bits per heavy atom. The lowest BCUT2D eigenvalue weighted by Crippen LogP contribution is -2.45. The highest BCUT2D eigenvalue weighted by molar-refractivity contribution is 8.00. The second-order valence-electron chi connectivity index (χ2n) is 10.4. The number of methoxy groups -OCH3 is 2. The van der Waals surface area contributed by atoms with E-state index < -0.39 is 0 Å². The maximum Gasteiger partial charge on any atom is 0.242 e. The van der Waals surface area contributed by atoms with E-state index in [9.17, 15) is 9.59 Å². The van der Waals surface area contributed by atoms with Gasteiger partial charge in [0.15, 0.2) is 11.5 Å². The van der Waals surface area contributed by atoms with Gasteiger partial charge in [0.2, 0.25) is 11.8 Å². The third kappa shape index (κ3) is 8.30. The monoisotopic (exact) mass is 573 g/mol. The number of hydrogen-bond acceptors (Lipinski definition) is 5. The molecular formula is C33H39N3O4S. The van der Waals surface area contributed by atoms with Crippen molar-refractivity contribution in [3.8, 4) is 11.5 Å². The maximum absolute atomic E-state index is 13.9. The summed E-state index contributed by atoms with van der Waals surface area (Å²) in [4.78, 5) is 35.1. The van der Waals surface area contributed by atoms with Gasteiger partial charge in [-0.15, -0.1) is 11.8 Å². The Kier molecular flexibility index (Phi) is 10.7. The van der Waals surface area contributed by atoms with Gasteiger partial charge in [-0.3, -0.25) is 9.59 Å². The van der Waals surface area contributed by atoms with Gasteiger partial charge in [-0.25, -0.2) is 0 Å². The van der Waals surface area contributed by atoms with Crippen molar-refractivity contribution < 1.29 is 19.1 Å². The molecule has 0 spiro atoms. The number of thioether (sulfide) groups is 1. The zero-order valence-electron chi connectivity index (χ0n) is 24.3. The minimum absolute atomic E-state index is 0.0353. The number of nitrogens with one attached hydrogen (secondary N) is 1. The summed E-state index contributed by atoms with van der Waals surface area (Å²) >= 11 is 1.49. The molecule has 1 N–H and O–H groups in total. The number of rotatable bonds is 14. The maximum atomic E-state index is 13.9. The Balaban J connectivity index is 1.52. The number of H-pyrrole nitrogens is 1. The van der Waals surface area contributed by atoms with Gasteiger partial charge in [-0.2, -0.15) is 0 Å². The Bertz CT molecular complexity index is 1440. The first-order valence-corrected chi connectivity index (χ1v) is 14.9. The summed E-state index contributed by atoms with van der Waals surface area (Å²) in [7, 11) is 3.20. The van der Waals surface area contributed by atoms with Gasteiger partial charge < -0.3 is 24.3 Å². The van der Waals surface area contributed by atoms with E-state index in [-0.39, 0.29) is 30.0 Å². The zero-order chi connectivity index (χ0) is 29.2. The summed E-state index contributed by atoms with van der Waals surface area (Å²) in [6.07, 6.45) is 2.70. The lowest BCUT2D eigenvalue weighted by molar-refractivity contribution is -0.140. The average Bonchev–Trinajstić information content (AvgIpc) is 3.40. The van der Waals surface area contributed by atoms with Crippen molar-refractivity contribution in [3.05, 3.63) is 90.1 Å². The van der Waals surface area contributed by atoms with Crippen molar-refractivity contribution in [1.82, 2.24) is 14.8 Å². The van der Waals surface area contributed by atoms with Crippen LogP contribution >= 0.6 is 11.8 Å². The van der Waals surface area contributed by atoms with Gasteiger partial charge in [-0.1, -0.05) is 56.3 Å². The summed E-state index contributed by atoms with van der Waals surface area (Å²) in [6, 6.07) is 23.7. The highest BCUT2D eigenvalue weighted by atomic mass is 32.2. The van der Waals surface area contributed by atoms with E-state index in [0.717, 1.165) is 26.9 Å². The van der Waals surface area contributed by atoms with Gasteiger partial charge in [0.1, 0.15) is 0 Å². The molecule has 2 amide bonds. The molecule has 216 valence electrons. The Morgan fingerprint density at radius 3 is 2.34 bits per heavy atom. The number of hydrogen-bond donors (Lipinski definition) is 1. The smallest absolute Gasteiger partial charge is 0.242 e. The lowest BCUT2D eigenvalue weighted by Gasteiger charge is -2.29. The number of fused-ring (bicyclic) bond motifs is 1. The second kappa shape index (κ2) is 14.6. The molecule has 0 aliphatic carbocycles.